The fourth-order valence-electron chi connectivity index (χ4n) is 2.18. The second-order valence-electron chi connectivity index (χ2n) is 4.44. The molecular weight excluding hydrogens is 314 g/mol. The molecule has 1 aromatic rings. The molecule has 3 rings (SSSR count). The van der Waals surface area contributed by atoms with Crippen molar-refractivity contribution in [2.24, 2.45) is 0 Å². The molecule has 1 unspecified atom stereocenters. The van der Waals surface area contributed by atoms with Crippen LogP contribution in [0.1, 0.15) is 23.8 Å². The molecule has 1 fully saturated rings. The molecule has 0 aromatic heterocycles. The molecule has 0 aliphatic carbocycles. The Hall–Kier alpha value is -0.390. The number of hydrogen-bond acceptors (Lipinski definition) is 4. The monoisotopic (exact) mass is 329 g/mol. The second-order valence-corrected chi connectivity index (χ2v) is 6.51. The van der Waals surface area contributed by atoms with Crippen LogP contribution in [-0.4, -0.2) is 25.5 Å². The Kier molecular flexibility index (Phi) is 4.01. The van der Waals surface area contributed by atoms with E-state index >= 15 is 0 Å². The van der Waals surface area contributed by atoms with Crippen LogP contribution in [0.25, 0.3) is 0 Å². The van der Waals surface area contributed by atoms with Gasteiger partial charge in [-0.05, 0) is 52.3 Å². The van der Waals surface area contributed by atoms with Crippen molar-refractivity contribution in [2.75, 3.05) is 25.5 Å². The van der Waals surface area contributed by atoms with Gasteiger partial charge in [-0.25, -0.2) is 0 Å². The van der Waals surface area contributed by atoms with Gasteiger partial charge in [-0.15, -0.1) is 11.8 Å². The lowest BCUT2D eigenvalue weighted by Crippen LogP contribution is -2.25. The molecule has 3 nitrogen and oxygen atoms in total. The van der Waals surface area contributed by atoms with Crippen LogP contribution in [0, 0.1) is 0 Å². The summed E-state index contributed by atoms with van der Waals surface area (Å²) in [5.41, 5.74) is 1.26. The van der Waals surface area contributed by atoms with Gasteiger partial charge in [0, 0.05) is 6.42 Å². The predicted molar refractivity (Wildman–Crippen MR) is 77.6 cm³/mol. The summed E-state index contributed by atoms with van der Waals surface area (Å²) < 4.78 is 12.5. The van der Waals surface area contributed by atoms with E-state index in [4.69, 9.17) is 9.47 Å². The lowest BCUT2D eigenvalue weighted by atomic mass is 10.2. The van der Waals surface area contributed by atoms with Gasteiger partial charge < -0.3 is 14.8 Å². The summed E-state index contributed by atoms with van der Waals surface area (Å²) in [6.45, 7) is 2.54. The number of thioether (sulfide) groups is 1. The maximum Gasteiger partial charge on any atom is 0.175 e. The topological polar surface area (TPSA) is 30.5 Å². The first-order valence-corrected chi connectivity index (χ1v) is 8.13. The number of nitrogens with one attached hydrogen (secondary N) is 1. The maximum absolute atomic E-state index is 5.77. The SMILES string of the molecule is Brc1cc(C2NCCCS2)cc2c1OCCCO2. The van der Waals surface area contributed by atoms with Gasteiger partial charge in [-0.1, -0.05) is 0 Å². The minimum absolute atomic E-state index is 0.368. The molecule has 0 radical (unpaired) electrons. The van der Waals surface area contributed by atoms with Crippen molar-refractivity contribution in [3.63, 3.8) is 0 Å². The highest BCUT2D eigenvalue weighted by atomic mass is 79.9. The van der Waals surface area contributed by atoms with E-state index in [2.05, 4.69) is 33.4 Å². The van der Waals surface area contributed by atoms with E-state index in [1.165, 1.54) is 17.7 Å². The van der Waals surface area contributed by atoms with Crippen LogP contribution >= 0.6 is 27.7 Å². The highest BCUT2D eigenvalue weighted by Crippen LogP contribution is 2.41. The molecule has 5 heteroatoms. The molecule has 2 aliphatic heterocycles. The zero-order valence-corrected chi connectivity index (χ0v) is 12.5. The third-order valence-corrected chi connectivity index (χ3v) is 4.95. The van der Waals surface area contributed by atoms with Crippen molar-refractivity contribution in [1.29, 1.82) is 0 Å². The van der Waals surface area contributed by atoms with E-state index in [0.717, 1.165) is 42.2 Å². The molecule has 2 aliphatic rings. The summed E-state index contributed by atoms with van der Waals surface area (Å²) in [5, 5.41) is 3.90. The van der Waals surface area contributed by atoms with Crippen molar-refractivity contribution in [3.8, 4) is 11.5 Å². The van der Waals surface area contributed by atoms with E-state index in [-0.39, 0.29) is 0 Å². The molecule has 0 bridgehead atoms. The van der Waals surface area contributed by atoms with Crippen LogP contribution < -0.4 is 14.8 Å². The predicted octanol–water partition coefficient (Wildman–Crippen LogP) is 3.34. The van der Waals surface area contributed by atoms with E-state index in [1.54, 1.807) is 0 Å². The number of rotatable bonds is 1. The van der Waals surface area contributed by atoms with E-state index < -0.39 is 0 Å². The second kappa shape index (κ2) is 5.72. The van der Waals surface area contributed by atoms with Crippen LogP contribution in [-0.2, 0) is 0 Å². The quantitative estimate of drug-likeness (QED) is 0.856. The Labute approximate surface area is 120 Å². The van der Waals surface area contributed by atoms with Crippen LogP contribution in [0.15, 0.2) is 16.6 Å². The van der Waals surface area contributed by atoms with Gasteiger partial charge >= 0.3 is 0 Å². The van der Waals surface area contributed by atoms with Crippen LogP contribution in [0.4, 0.5) is 0 Å². The lowest BCUT2D eigenvalue weighted by molar-refractivity contribution is 0.296. The molecule has 0 spiro atoms. The third-order valence-electron chi connectivity index (χ3n) is 3.06. The fourth-order valence-corrected chi connectivity index (χ4v) is 3.87. The first kappa shape index (κ1) is 12.6. The Balaban J connectivity index is 1.91. The van der Waals surface area contributed by atoms with Crippen LogP contribution in [0.2, 0.25) is 0 Å². The number of ether oxygens (including phenoxy) is 2. The summed E-state index contributed by atoms with van der Waals surface area (Å²) in [6, 6.07) is 4.25. The van der Waals surface area contributed by atoms with E-state index in [1.807, 2.05) is 11.8 Å². The van der Waals surface area contributed by atoms with Gasteiger partial charge in [0.2, 0.25) is 0 Å². The molecule has 1 saturated heterocycles. The van der Waals surface area contributed by atoms with Crippen molar-refractivity contribution in [3.05, 3.63) is 22.2 Å². The maximum atomic E-state index is 5.77. The van der Waals surface area contributed by atoms with Crippen molar-refractivity contribution < 1.29 is 9.47 Å². The minimum Gasteiger partial charge on any atom is -0.490 e. The van der Waals surface area contributed by atoms with Crippen molar-refractivity contribution in [2.45, 2.75) is 18.2 Å². The number of hydrogen-bond donors (Lipinski definition) is 1. The average Bonchev–Trinajstić information content (AvgIpc) is 2.65. The molecule has 2 heterocycles. The van der Waals surface area contributed by atoms with Crippen molar-refractivity contribution in [1.82, 2.24) is 5.32 Å². The molecule has 1 aromatic carbocycles. The molecule has 98 valence electrons. The van der Waals surface area contributed by atoms with Gasteiger partial charge in [-0.3, -0.25) is 0 Å². The summed E-state index contributed by atoms with van der Waals surface area (Å²) in [7, 11) is 0. The standard InChI is InChI=1S/C13H16BrNO2S/c14-10-7-9(13-15-3-1-6-18-13)8-11-12(10)17-5-2-4-16-11/h7-8,13,15H,1-6H2. The number of halogens is 1. The number of benzene rings is 1. The summed E-state index contributed by atoms with van der Waals surface area (Å²) >= 11 is 5.54. The van der Waals surface area contributed by atoms with Gasteiger partial charge in [0.1, 0.15) is 0 Å². The molecular formula is C13H16BrNO2S. The Morgan fingerprint density at radius 1 is 1.22 bits per heavy atom. The zero-order chi connectivity index (χ0) is 12.4. The Bertz CT molecular complexity index is 435. The normalized spacial score (nSPS) is 23.5. The van der Waals surface area contributed by atoms with Gasteiger partial charge in [-0.2, -0.15) is 0 Å². The number of fused-ring (bicyclic) bond motifs is 1. The highest BCUT2D eigenvalue weighted by molar-refractivity contribution is 9.10. The summed E-state index contributed by atoms with van der Waals surface area (Å²) in [5.74, 6) is 2.92. The van der Waals surface area contributed by atoms with Crippen molar-refractivity contribution >= 4 is 27.7 Å². The van der Waals surface area contributed by atoms with Crippen LogP contribution in [0.3, 0.4) is 0 Å². The Morgan fingerprint density at radius 3 is 2.94 bits per heavy atom. The molecule has 1 N–H and O–H groups in total. The smallest absolute Gasteiger partial charge is 0.175 e. The van der Waals surface area contributed by atoms with Crippen LogP contribution in [0.5, 0.6) is 11.5 Å². The third kappa shape index (κ3) is 2.63. The minimum atomic E-state index is 0.368. The van der Waals surface area contributed by atoms with Gasteiger partial charge in [0.15, 0.2) is 11.5 Å². The molecule has 0 amide bonds. The zero-order valence-electron chi connectivity index (χ0n) is 10.1. The molecule has 18 heavy (non-hydrogen) atoms. The summed E-state index contributed by atoms with van der Waals surface area (Å²) in [4.78, 5) is 0. The molecule has 1 atom stereocenters. The lowest BCUT2D eigenvalue weighted by Gasteiger charge is -2.24. The van der Waals surface area contributed by atoms with Gasteiger partial charge in [0.25, 0.3) is 0 Å². The highest BCUT2D eigenvalue weighted by Gasteiger charge is 2.21. The van der Waals surface area contributed by atoms with E-state index in [9.17, 15) is 0 Å². The Morgan fingerprint density at radius 2 is 2.11 bits per heavy atom. The van der Waals surface area contributed by atoms with Gasteiger partial charge in [0.05, 0.1) is 23.1 Å². The van der Waals surface area contributed by atoms with E-state index in [0.29, 0.717) is 5.37 Å². The largest absolute Gasteiger partial charge is 0.490 e. The average molecular weight is 330 g/mol. The fraction of sp³-hybridized carbons (Fsp3) is 0.538. The molecule has 0 saturated carbocycles. The first-order chi connectivity index (χ1) is 8.84. The first-order valence-electron chi connectivity index (χ1n) is 6.28. The summed E-state index contributed by atoms with van der Waals surface area (Å²) in [6.07, 6.45) is 2.18.